The molecule has 4 heterocycles. The highest BCUT2D eigenvalue weighted by Gasteiger charge is 2.56. The van der Waals surface area contributed by atoms with Crippen LogP contribution >= 0.6 is 0 Å². The quantitative estimate of drug-likeness (QED) is 0.721. The number of hydrogen-bond acceptors (Lipinski definition) is 9. The fourth-order valence-electron chi connectivity index (χ4n) is 3.85. The van der Waals surface area contributed by atoms with Gasteiger partial charge in [-0.25, -0.2) is 15.0 Å². The molecule has 4 atom stereocenters. The van der Waals surface area contributed by atoms with Crippen molar-refractivity contribution in [2.45, 2.75) is 50.6 Å². The molecule has 0 radical (unpaired) electrons. The van der Waals surface area contributed by atoms with Gasteiger partial charge in [-0.15, -0.1) is 0 Å². The van der Waals surface area contributed by atoms with E-state index in [2.05, 4.69) is 26.9 Å². The van der Waals surface area contributed by atoms with Crippen molar-refractivity contribution in [3.63, 3.8) is 0 Å². The maximum absolute atomic E-state index is 6.36. The summed E-state index contributed by atoms with van der Waals surface area (Å²) in [7, 11) is 2.06. The van der Waals surface area contributed by atoms with Crippen molar-refractivity contribution in [1.29, 1.82) is 0 Å². The van der Waals surface area contributed by atoms with Crippen molar-refractivity contribution in [2.24, 2.45) is 5.73 Å². The second kappa shape index (κ2) is 6.95. The first-order chi connectivity index (χ1) is 12.9. The zero-order chi connectivity index (χ0) is 19.2. The summed E-state index contributed by atoms with van der Waals surface area (Å²) in [5.74, 6) is -0.328. The van der Waals surface area contributed by atoms with Gasteiger partial charge in [0, 0.05) is 6.54 Å². The number of rotatable bonds is 6. The fourth-order valence-corrected chi connectivity index (χ4v) is 3.85. The summed E-state index contributed by atoms with van der Waals surface area (Å²) < 4.78 is 20.6. The summed E-state index contributed by atoms with van der Waals surface area (Å²) in [6, 6.07) is 0. The zero-order valence-corrected chi connectivity index (χ0v) is 15.9. The molecular formula is C17H27N7O3. The Balaban J connectivity index is 1.62. The first kappa shape index (κ1) is 18.5. The molecule has 4 rings (SSSR count). The fraction of sp³-hybridized carbons (Fsp3) is 0.706. The number of hydrogen-bond donors (Lipinski definition) is 2. The van der Waals surface area contributed by atoms with Gasteiger partial charge >= 0.3 is 0 Å². The lowest BCUT2D eigenvalue weighted by atomic mass is 10.1. The van der Waals surface area contributed by atoms with Gasteiger partial charge in [-0.1, -0.05) is 0 Å². The molecule has 2 aliphatic rings. The maximum Gasteiger partial charge on any atom is 0.167 e. The van der Waals surface area contributed by atoms with E-state index in [0.29, 0.717) is 23.5 Å². The Kier molecular flexibility index (Phi) is 4.77. The van der Waals surface area contributed by atoms with Gasteiger partial charge in [0.05, 0.1) is 6.33 Å². The molecule has 0 amide bonds. The Morgan fingerprint density at radius 2 is 2.00 bits per heavy atom. The van der Waals surface area contributed by atoms with Gasteiger partial charge < -0.3 is 30.6 Å². The average Bonchev–Trinajstić information content (AvgIpc) is 3.26. The molecule has 2 aromatic heterocycles. The molecule has 2 saturated heterocycles. The van der Waals surface area contributed by atoms with Crippen LogP contribution in [0, 0.1) is 0 Å². The summed E-state index contributed by atoms with van der Waals surface area (Å²) >= 11 is 0. The van der Waals surface area contributed by atoms with E-state index in [1.807, 2.05) is 18.4 Å². The Morgan fingerprint density at radius 1 is 1.22 bits per heavy atom. The molecule has 27 heavy (non-hydrogen) atoms. The molecule has 148 valence electrons. The topological polar surface area (TPSA) is 127 Å². The minimum Gasteiger partial charge on any atom is -0.382 e. The lowest BCUT2D eigenvalue weighted by molar-refractivity contribution is -0.197. The molecule has 10 nitrogen and oxygen atoms in total. The van der Waals surface area contributed by atoms with E-state index in [1.54, 1.807) is 6.33 Å². The van der Waals surface area contributed by atoms with Gasteiger partial charge in [0.2, 0.25) is 0 Å². The summed E-state index contributed by atoms with van der Waals surface area (Å²) in [4.78, 5) is 14.9. The first-order valence-electron chi connectivity index (χ1n) is 9.22. The van der Waals surface area contributed by atoms with Crippen LogP contribution in [0.2, 0.25) is 0 Å². The van der Waals surface area contributed by atoms with Crippen LogP contribution in [0.4, 0.5) is 5.82 Å². The van der Waals surface area contributed by atoms with Gasteiger partial charge in [-0.3, -0.25) is 4.57 Å². The van der Waals surface area contributed by atoms with E-state index in [9.17, 15) is 0 Å². The van der Waals surface area contributed by atoms with Crippen LogP contribution in [-0.4, -0.2) is 75.2 Å². The molecule has 0 bridgehead atoms. The molecule has 10 heteroatoms. The molecule has 2 aromatic rings. The molecular weight excluding hydrogens is 350 g/mol. The molecule has 0 unspecified atom stereocenters. The van der Waals surface area contributed by atoms with Gasteiger partial charge in [-0.2, -0.15) is 0 Å². The number of aromatic nitrogens is 4. The Morgan fingerprint density at radius 3 is 2.78 bits per heavy atom. The Hall–Kier alpha value is -1.85. The van der Waals surface area contributed by atoms with E-state index in [1.165, 1.54) is 6.33 Å². The number of likely N-dealkylation sites (N-methyl/N-ethyl adjacent to an activating group) is 1. The van der Waals surface area contributed by atoms with Crippen molar-refractivity contribution in [1.82, 2.24) is 24.4 Å². The molecule has 0 aliphatic carbocycles. The molecule has 4 N–H and O–H groups in total. The molecule has 2 fully saturated rings. The SMILES string of the molecule is CN(CCCN)C[C@H]1O[C@@H](n2cnc3c(N)ncnc32)[C@@H]2OC(C)(C)O[C@@H]21. The Bertz CT molecular complexity index is 811. The molecule has 0 aromatic carbocycles. The number of nitrogens with two attached hydrogens (primary N) is 2. The highest BCUT2D eigenvalue weighted by molar-refractivity contribution is 5.81. The lowest BCUT2D eigenvalue weighted by Gasteiger charge is -2.27. The lowest BCUT2D eigenvalue weighted by Crippen LogP contribution is -2.39. The summed E-state index contributed by atoms with van der Waals surface area (Å²) in [6.07, 6.45) is 3.06. The smallest absolute Gasteiger partial charge is 0.167 e. The number of fused-ring (bicyclic) bond motifs is 2. The number of anilines is 1. The maximum atomic E-state index is 6.36. The number of ether oxygens (including phenoxy) is 3. The van der Waals surface area contributed by atoms with Gasteiger partial charge in [0.15, 0.2) is 23.5 Å². The summed E-state index contributed by atoms with van der Waals surface area (Å²) in [5.41, 5.74) is 12.7. The zero-order valence-electron chi connectivity index (χ0n) is 15.9. The molecule has 0 saturated carbocycles. The summed E-state index contributed by atoms with van der Waals surface area (Å²) in [6.45, 7) is 6.13. The van der Waals surface area contributed by atoms with Crippen LogP contribution < -0.4 is 11.5 Å². The van der Waals surface area contributed by atoms with E-state index in [-0.39, 0.29) is 18.3 Å². The number of imidazole rings is 1. The summed E-state index contributed by atoms with van der Waals surface area (Å²) in [5, 5.41) is 0. The second-order valence-corrected chi connectivity index (χ2v) is 7.62. The van der Waals surface area contributed by atoms with Crippen LogP contribution in [0.25, 0.3) is 11.2 Å². The van der Waals surface area contributed by atoms with Crippen LogP contribution in [0.3, 0.4) is 0 Å². The molecule has 2 aliphatic heterocycles. The van der Waals surface area contributed by atoms with E-state index in [0.717, 1.165) is 19.5 Å². The monoisotopic (exact) mass is 377 g/mol. The highest BCUT2D eigenvalue weighted by Crippen LogP contribution is 2.43. The third-order valence-electron chi connectivity index (χ3n) is 5.02. The molecule has 0 spiro atoms. The van der Waals surface area contributed by atoms with E-state index in [4.69, 9.17) is 25.7 Å². The van der Waals surface area contributed by atoms with Gasteiger partial charge in [-0.05, 0) is 40.4 Å². The van der Waals surface area contributed by atoms with Crippen LogP contribution in [0.5, 0.6) is 0 Å². The largest absolute Gasteiger partial charge is 0.382 e. The van der Waals surface area contributed by atoms with Crippen molar-refractivity contribution >= 4 is 17.0 Å². The van der Waals surface area contributed by atoms with Crippen LogP contribution in [-0.2, 0) is 14.2 Å². The predicted molar refractivity (Wildman–Crippen MR) is 98.6 cm³/mol. The standard InChI is InChI=1S/C17H27N7O3/c1-17(2)26-12-10(7-23(3)6-4-5-18)25-16(13(12)27-17)24-9-22-11-14(19)20-8-21-15(11)24/h8-10,12-13,16H,4-7,18H2,1-3H3,(H2,19,20,21)/t10-,12-,13-,16-/m1/s1. The van der Waals surface area contributed by atoms with Crippen molar-refractivity contribution in [3.05, 3.63) is 12.7 Å². The second-order valence-electron chi connectivity index (χ2n) is 7.62. The third kappa shape index (κ3) is 3.39. The van der Waals surface area contributed by atoms with E-state index < -0.39 is 12.0 Å². The minimum absolute atomic E-state index is 0.138. The van der Waals surface area contributed by atoms with E-state index >= 15 is 0 Å². The minimum atomic E-state index is -0.671. The van der Waals surface area contributed by atoms with Crippen molar-refractivity contribution in [3.8, 4) is 0 Å². The normalized spacial score (nSPS) is 29.7. The first-order valence-corrected chi connectivity index (χ1v) is 9.22. The average molecular weight is 377 g/mol. The van der Waals surface area contributed by atoms with Gasteiger partial charge in [0.1, 0.15) is 30.2 Å². The third-order valence-corrected chi connectivity index (χ3v) is 5.02. The number of nitrogens with zero attached hydrogens (tertiary/aromatic N) is 5. The number of nitrogen functional groups attached to an aromatic ring is 1. The van der Waals surface area contributed by atoms with Crippen molar-refractivity contribution in [2.75, 3.05) is 32.4 Å². The predicted octanol–water partition coefficient (Wildman–Crippen LogP) is 0.107. The van der Waals surface area contributed by atoms with Gasteiger partial charge in [0.25, 0.3) is 0 Å². The Labute approximate surface area is 157 Å². The van der Waals surface area contributed by atoms with Crippen molar-refractivity contribution < 1.29 is 14.2 Å². The van der Waals surface area contributed by atoms with Crippen LogP contribution in [0.1, 0.15) is 26.5 Å². The van der Waals surface area contributed by atoms with Crippen LogP contribution in [0.15, 0.2) is 12.7 Å². The highest BCUT2D eigenvalue weighted by atomic mass is 16.8.